The summed E-state index contributed by atoms with van der Waals surface area (Å²) in [5, 5.41) is 9.01. The zero-order valence-electron chi connectivity index (χ0n) is 14.2. The van der Waals surface area contributed by atoms with Crippen LogP contribution in [0.4, 0.5) is 13.2 Å². The van der Waals surface area contributed by atoms with Crippen LogP contribution in [-0.2, 0) is 11.2 Å². The van der Waals surface area contributed by atoms with E-state index < -0.39 is 12.3 Å². The van der Waals surface area contributed by atoms with E-state index in [0.29, 0.717) is 36.1 Å². The fourth-order valence-corrected chi connectivity index (χ4v) is 3.72. The van der Waals surface area contributed by atoms with Gasteiger partial charge in [-0.2, -0.15) is 0 Å². The number of carboxylic acid groups (broad SMARTS) is 1. The van der Waals surface area contributed by atoms with E-state index in [0.717, 1.165) is 5.56 Å². The van der Waals surface area contributed by atoms with E-state index in [1.54, 1.807) is 18.2 Å². The molecular weight excluding hydrogens is 361 g/mol. The number of hydrogen-bond donors (Lipinski definition) is 1. The summed E-state index contributed by atoms with van der Waals surface area (Å²) in [6.45, 7) is 0. The van der Waals surface area contributed by atoms with Gasteiger partial charge in [0.15, 0.2) is 0 Å². The van der Waals surface area contributed by atoms with Crippen LogP contribution >= 0.6 is 0 Å². The number of fused-ring (bicyclic) bond motifs is 1. The summed E-state index contributed by atoms with van der Waals surface area (Å²) in [6.07, 6.45) is -3.39. The Hall–Kier alpha value is -2.70. The maximum absolute atomic E-state index is 12.5. The second kappa shape index (κ2) is 6.48. The quantitative estimate of drug-likeness (QED) is 0.809. The molecule has 0 heterocycles. The smallest absolute Gasteiger partial charge is 0.486 e. The number of halogens is 3. The zero-order chi connectivity index (χ0) is 19.2. The van der Waals surface area contributed by atoms with Crippen molar-refractivity contribution < 1.29 is 32.5 Å². The van der Waals surface area contributed by atoms with Gasteiger partial charge in [0.05, 0.1) is 5.92 Å². The first kappa shape index (κ1) is 17.7. The molecule has 1 saturated carbocycles. The van der Waals surface area contributed by atoms with Crippen molar-refractivity contribution in [2.45, 2.75) is 37.6 Å². The van der Waals surface area contributed by atoms with E-state index in [-0.39, 0.29) is 23.7 Å². The summed E-state index contributed by atoms with van der Waals surface area (Å²) in [6, 6.07) is 11.9. The number of carbonyl (C=O) groups is 1. The van der Waals surface area contributed by atoms with E-state index in [1.165, 1.54) is 12.1 Å². The third kappa shape index (κ3) is 3.72. The normalized spacial score (nSPS) is 23.6. The lowest BCUT2D eigenvalue weighted by atomic mass is 10.1. The molecule has 0 aromatic heterocycles. The first-order chi connectivity index (χ1) is 12.8. The van der Waals surface area contributed by atoms with Crippen molar-refractivity contribution in [1.29, 1.82) is 0 Å². The highest BCUT2D eigenvalue weighted by Crippen LogP contribution is 2.48. The maximum Gasteiger partial charge on any atom is 0.573 e. The van der Waals surface area contributed by atoms with Crippen LogP contribution in [0.3, 0.4) is 0 Å². The lowest BCUT2D eigenvalue weighted by Gasteiger charge is -2.16. The van der Waals surface area contributed by atoms with E-state index in [9.17, 15) is 18.0 Å². The van der Waals surface area contributed by atoms with Crippen LogP contribution in [0.1, 0.15) is 41.6 Å². The monoisotopic (exact) mass is 378 g/mol. The van der Waals surface area contributed by atoms with Gasteiger partial charge in [-0.3, -0.25) is 4.79 Å². The Bertz CT molecular complexity index is 861. The van der Waals surface area contributed by atoms with Crippen LogP contribution in [-0.4, -0.2) is 17.4 Å². The molecule has 1 fully saturated rings. The van der Waals surface area contributed by atoms with Gasteiger partial charge in [-0.05, 0) is 54.5 Å². The molecule has 2 aliphatic carbocycles. The number of alkyl halides is 3. The molecule has 3 unspecified atom stereocenters. The van der Waals surface area contributed by atoms with Crippen molar-refractivity contribution in [2.75, 3.05) is 0 Å². The molecular formula is C20H17F3O4. The Morgan fingerprint density at radius 1 is 1.11 bits per heavy atom. The fraction of sp³-hybridized carbons (Fsp3) is 0.350. The topological polar surface area (TPSA) is 55.8 Å². The van der Waals surface area contributed by atoms with Crippen LogP contribution in [0.15, 0.2) is 42.5 Å². The molecule has 142 valence electrons. The largest absolute Gasteiger partial charge is 0.573 e. The summed E-state index contributed by atoms with van der Waals surface area (Å²) < 4.78 is 47.7. The van der Waals surface area contributed by atoms with Gasteiger partial charge in [0, 0.05) is 5.56 Å². The predicted molar refractivity (Wildman–Crippen MR) is 89.7 cm³/mol. The van der Waals surface area contributed by atoms with E-state index in [2.05, 4.69) is 4.74 Å². The van der Waals surface area contributed by atoms with Crippen LogP contribution in [0, 0.1) is 5.92 Å². The van der Waals surface area contributed by atoms with Crippen LogP contribution in [0.2, 0.25) is 0 Å². The van der Waals surface area contributed by atoms with Gasteiger partial charge in [0.1, 0.15) is 17.6 Å². The van der Waals surface area contributed by atoms with Gasteiger partial charge in [0.2, 0.25) is 0 Å². The predicted octanol–water partition coefficient (Wildman–Crippen LogP) is 4.84. The van der Waals surface area contributed by atoms with E-state index in [1.807, 2.05) is 12.1 Å². The summed E-state index contributed by atoms with van der Waals surface area (Å²) in [4.78, 5) is 11.0. The number of ether oxygens (including phenoxy) is 2. The summed E-state index contributed by atoms with van der Waals surface area (Å²) in [5.41, 5.74) is 2.19. The molecule has 1 N–H and O–H groups in total. The molecule has 0 aliphatic heterocycles. The standard InChI is InChI=1S/C20H17F3O4/c21-20(22,23)27-18-3-1-2-13-14(18)8-9-17(13)26-12-6-4-11(5-7-12)15-10-16(15)19(24)25/h1-7,15-17H,8-10H2,(H,24,25). The summed E-state index contributed by atoms with van der Waals surface area (Å²) in [7, 11) is 0. The highest BCUT2D eigenvalue weighted by molar-refractivity contribution is 5.75. The first-order valence-electron chi connectivity index (χ1n) is 8.69. The first-order valence-corrected chi connectivity index (χ1v) is 8.69. The molecule has 4 nitrogen and oxygen atoms in total. The van der Waals surface area contributed by atoms with Crippen molar-refractivity contribution in [3.63, 3.8) is 0 Å². The van der Waals surface area contributed by atoms with Gasteiger partial charge in [-0.15, -0.1) is 13.2 Å². The molecule has 0 spiro atoms. The van der Waals surface area contributed by atoms with E-state index in [4.69, 9.17) is 9.84 Å². The Balaban J connectivity index is 1.46. The molecule has 0 bridgehead atoms. The minimum Gasteiger partial charge on any atom is -0.486 e. The molecule has 7 heteroatoms. The molecule has 2 aliphatic rings. The minimum atomic E-state index is -4.72. The van der Waals surface area contributed by atoms with Crippen LogP contribution in [0.25, 0.3) is 0 Å². The van der Waals surface area contributed by atoms with Gasteiger partial charge in [-0.25, -0.2) is 0 Å². The Labute approximate surface area is 153 Å². The van der Waals surface area contributed by atoms with Gasteiger partial charge in [-0.1, -0.05) is 24.3 Å². The van der Waals surface area contributed by atoms with Crippen molar-refractivity contribution in [1.82, 2.24) is 0 Å². The van der Waals surface area contributed by atoms with Crippen LogP contribution < -0.4 is 9.47 Å². The lowest BCUT2D eigenvalue weighted by Crippen LogP contribution is -2.18. The Morgan fingerprint density at radius 3 is 2.48 bits per heavy atom. The summed E-state index contributed by atoms with van der Waals surface area (Å²) >= 11 is 0. The molecule has 0 amide bonds. The van der Waals surface area contributed by atoms with Crippen molar-refractivity contribution in [3.8, 4) is 11.5 Å². The third-order valence-electron chi connectivity index (χ3n) is 5.09. The minimum absolute atomic E-state index is 0.0471. The van der Waals surface area contributed by atoms with Gasteiger partial charge >= 0.3 is 12.3 Å². The highest BCUT2D eigenvalue weighted by atomic mass is 19.4. The summed E-state index contributed by atoms with van der Waals surface area (Å²) in [5.74, 6) is -0.614. The number of benzene rings is 2. The Kier molecular flexibility index (Phi) is 4.25. The SMILES string of the molecule is O=C(O)C1CC1c1ccc(OC2CCc3c(OC(F)(F)F)cccc32)cc1. The van der Waals surface area contributed by atoms with Crippen molar-refractivity contribution >= 4 is 5.97 Å². The van der Waals surface area contributed by atoms with E-state index >= 15 is 0 Å². The Morgan fingerprint density at radius 2 is 1.85 bits per heavy atom. The molecule has 3 atom stereocenters. The average Bonchev–Trinajstić information content (AvgIpc) is 3.31. The molecule has 27 heavy (non-hydrogen) atoms. The van der Waals surface area contributed by atoms with Gasteiger partial charge in [0.25, 0.3) is 0 Å². The molecule has 4 rings (SSSR count). The number of aliphatic carboxylic acids is 1. The molecule has 0 saturated heterocycles. The lowest BCUT2D eigenvalue weighted by molar-refractivity contribution is -0.274. The highest BCUT2D eigenvalue weighted by Gasteiger charge is 2.44. The fourth-order valence-electron chi connectivity index (χ4n) is 3.72. The number of rotatable bonds is 5. The zero-order valence-corrected chi connectivity index (χ0v) is 14.2. The third-order valence-corrected chi connectivity index (χ3v) is 5.09. The second-order valence-electron chi connectivity index (χ2n) is 6.87. The number of carboxylic acids is 1. The number of hydrogen-bond acceptors (Lipinski definition) is 3. The van der Waals surface area contributed by atoms with Crippen molar-refractivity contribution in [3.05, 3.63) is 59.2 Å². The molecule has 2 aromatic rings. The van der Waals surface area contributed by atoms with Gasteiger partial charge < -0.3 is 14.6 Å². The molecule has 2 aromatic carbocycles. The van der Waals surface area contributed by atoms with Crippen molar-refractivity contribution in [2.24, 2.45) is 5.92 Å². The average molecular weight is 378 g/mol. The second-order valence-corrected chi connectivity index (χ2v) is 6.87. The van der Waals surface area contributed by atoms with Crippen LogP contribution in [0.5, 0.6) is 11.5 Å². The molecule has 0 radical (unpaired) electrons. The maximum atomic E-state index is 12.5.